The second-order valence-electron chi connectivity index (χ2n) is 4.34. The Morgan fingerprint density at radius 1 is 1.37 bits per heavy atom. The molecule has 0 unspecified atom stereocenters. The lowest BCUT2D eigenvalue weighted by Gasteiger charge is -2.27. The van der Waals surface area contributed by atoms with Crippen LogP contribution in [0.3, 0.4) is 0 Å². The van der Waals surface area contributed by atoms with E-state index in [2.05, 4.69) is 11.4 Å². The molecule has 100 valence electrons. The number of nitrogens with one attached hydrogen (secondary N) is 1. The number of hydrogen-bond donors (Lipinski definition) is 1. The van der Waals surface area contributed by atoms with Crippen LogP contribution in [0.15, 0.2) is 24.3 Å². The molecule has 19 heavy (non-hydrogen) atoms. The molecule has 1 heterocycles. The summed E-state index contributed by atoms with van der Waals surface area (Å²) in [4.78, 5) is 13.7. The van der Waals surface area contributed by atoms with Crippen LogP contribution in [0.4, 0.5) is 0 Å². The molecule has 1 amide bonds. The Hall–Kier alpha value is -2.06. The van der Waals surface area contributed by atoms with E-state index in [4.69, 9.17) is 10.00 Å². The molecule has 1 aliphatic rings. The first-order chi connectivity index (χ1) is 9.31. The van der Waals surface area contributed by atoms with Crippen molar-refractivity contribution in [1.29, 1.82) is 5.26 Å². The van der Waals surface area contributed by atoms with Crippen molar-refractivity contribution in [1.82, 2.24) is 10.2 Å². The normalized spacial score (nSPS) is 14.8. The van der Waals surface area contributed by atoms with Gasteiger partial charge in [-0.15, -0.1) is 0 Å². The average Bonchev–Trinajstić information content (AvgIpc) is 2.48. The molecular weight excluding hydrogens is 242 g/mol. The van der Waals surface area contributed by atoms with Gasteiger partial charge in [0.15, 0.2) is 0 Å². The minimum atomic E-state index is 0.107. The molecule has 1 aromatic carbocycles. The van der Waals surface area contributed by atoms with Crippen LogP contribution in [0.5, 0.6) is 5.75 Å². The molecule has 5 heteroatoms. The van der Waals surface area contributed by atoms with E-state index in [1.165, 1.54) is 0 Å². The molecular formula is C14H17N3O2. The number of ether oxygens (including phenoxy) is 1. The molecule has 1 N–H and O–H groups in total. The number of nitriles is 1. The summed E-state index contributed by atoms with van der Waals surface area (Å²) in [5, 5.41) is 12.1. The molecule has 0 saturated carbocycles. The summed E-state index contributed by atoms with van der Waals surface area (Å²) in [6.07, 6.45) is 0.347. The van der Waals surface area contributed by atoms with Crippen molar-refractivity contribution in [3.63, 3.8) is 0 Å². The van der Waals surface area contributed by atoms with Crippen LogP contribution < -0.4 is 10.1 Å². The van der Waals surface area contributed by atoms with E-state index in [1.54, 1.807) is 18.2 Å². The number of carbonyl (C=O) groups is 1. The lowest BCUT2D eigenvalue weighted by atomic mass is 10.2. The largest absolute Gasteiger partial charge is 0.492 e. The summed E-state index contributed by atoms with van der Waals surface area (Å²) >= 11 is 0. The number of nitrogens with zero attached hydrogens (tertiary/aromatic N) is 2. The summed E-state index contributed by atoms with van der Waals surface area (Å²) in [5.41, 5.74) is 0.497. The number of para-hydroxylation sites is 1. The fourth-order valence-electron chi connectivity index (χ4n) is 2.01. The first-order valence-corrected chi connectivity index (χ1v) is 6.41. The topological polar surface area (TPSA) is 65.4 Å². The number of hydrogen-bond acceptors (Lipinski definition) is 4. The van der Waals surface area contributed by atoms with E-state index in [-0.39, 0.29) is 5.91 Å². The number of piperazine rings is 1. The maximum absolute atomic E-state index is 11.9. The van der Waals surface area contributed by atoms with Crippen molar-refractivity contribution in [2.75, 3.05) is 32.8 Å². The lowest BCUT2D eigenvalue weighted by molar-refractivity contribution is -0.132. The van der Waals surface area contributed by atoms with Gasteiger partial charge in [-0.3, -0.25) is 4.79 Å². The second kappa shape index (κ2) is 6.76. The van der Waals surface area contributed by atoms with Crippen molar-refractivity contribution < 1.29 is 9.53 Å². The van der Waals surface area contributed by atoms with Crippen LogP contribution in [-0.4, -0.2) is 43.6 Å². The summed E-state index contributed by atoms with van der Waals surface area (Å²) in [6, 6.07) is 9.12. The van der Waals surface area contributed by atoms with E-state index in [1.807, 2.05) is 11.0 Å². The van der Waals surface area contributed by atoms with Crippen molar-refractivity contribution >= 4 is 5.91 Å². The van der Waals surface area contributed by atoms with E-state index < -0.39 is 0 Å². The number of amides is 1. The highest BCUT2D eigenvalue weighted by Gasteiger charge is 2.15. The summed E-state index contributed by atoms with van der Waals surface area (Å²) < 4.78 is 5.50. The van der Waals surface area contributed by atoms with Gasteiger partial charge in [-0.25, -0.2) is 0 Å². The molecule has 0 atom stereocenters. The second-order valence-corrected chi connectivity index (χ2v) is 4.34. The smallest absolute Gasteiger partial charge is 0.226 e. The standard InChI is InChI=1S/C14H17N3O2/c15-11-12-3-1-2-4-13(12)19-10-5-14(18)17-8-6-16-7-9-17/h1-4,16H,5-10H2. The van der Waals surface area contributed by atoms with E-state index in [0.717, 1.165) is 26.2 Å². The van der Waals surface area contributed by atoms with Crippen LogP contribution in [0, 0.1) is 11.3 Å². The lowest BCUT2D eigenvalue weighted by Crippen LogP contribution is -2.46. The predicted molar refractivity (Wildman–Crippen MR) is 70.7 cm³/mol. The molecule has 1 fully saturated rings. The Morgan fingerprint density at radius 2 is 2.11 bits per heavy atom. The molecule has 0 bridgehead atoms. The maximum atomic E-state index is 11.9. The molecule has 1 saturated heterocycles. The van der Waals surface area contributed by atoms with Crippen LogP contribution in [0.1, 0.15) is 12.0 Å². The fourth-order valence-corrected chi connectivity index (χ4v) is 2.01. The number of rotatable bonds is 4. The SMILES string of the molecule is N#Cc1ccccc1OCCC(=O)N1CCNCC1. The van der Waals surface area contributed by atoms with Gasteiger partial charge in [-0.1, -0.05) is 12.1 Å². The predicted octanol–water partition coefficient (Wildman–Crippen LogP) is 0.759. The van der Waals surface area contributed by atoms with Crippen LogP contribution in [0.2, 0.25) is 0 Å². The summed E-state index contributed by atoms with van der Waals surface area (Å²) in [5.74, 6) is 0.647. The van der Waals surface area contributed by atoms with Gasteiger partial charge in [-0.2, -0.15) is 5.26 Å². The maximum Gasteiger partial charge on any atom is 0.226 e. The minimum absolute atomic E-state index is 0.107. The van der Waals surface area contributed by atoms with Gasteiger partial charge in [-0.05, 0) is 12.1 Å². The molecule has 0 aromatic heterocycles. The quantitative estimate of drug-likeness (QED) is 0.867. The monoisotopic (exact) mass is 259 g/mol. The number of benzene rings is 1. The summed E-state index contributed by atoms with van der Waals surface area (Å²) in [7, 11) is 0. The zero-order chi connectivity index (χ0) is 13.5. The Morgan fingerprint density at radius 3 is 2.84 bits per heavy atom. The van der Waals surface area contributed by atoms with Gasteiger partial charge in [0.05, 0.1) is 18.6 Å². The minimum Gasteiger partial charge on any atom is -0.492 e. The zero-order valence-corrected chi connectivity index (χ0v) is 10.8. The molecule has 2 rings (SSSR count). The van der Waals surface area contributed by atoms with Crippen molar-refractivity contribution in [3.8, 4) is 11.8 Å². The Kier molecular flexibility index (Phi) is 4.76. The summed E-state index contributed by atoms with van der Waals surface area (Å²) in [6.45, 7) is 3.52. The van der Waals surface area contributed by atoms with Crippen LogP contribution in [-0.2, 0) is 4.79 Å². The third-order valence-electron chi connectivity index (χ3n) is 3.05. The average molecular weight is 259 g/mol. The highest BCUT2D eigenvalue weighted by atomic mass is 16.5. The van der Waals surface area contributed by atoms with Crippen molar-refractivity contribution in [2.24, 2.45) is 0 Å². The van der Waals surface area contributed by atoms with Gasteiger partial charge in [0.1, 0.15) is 11.8 Å². The molecule has 1 aromatic rings. The van der Waals surface area contributed by atoms with Gasteiger partial charge in [0.2, 0.25) is 5.91 Å². The fraction of sp³-hybridized carbons (Fsp3) is 0.429. The van der Waals surface area contributed by atoms with E-state index in [9.17, 15) is 4.79 Å². The highest BCUT2D eigenvalue weighted by Crippen LogP contribution is 2.16. The Labute approximate surface area is 112 Å². The third kappa shape index (κ3) is 3.70. The van der Waals surface area contributed by atoms with E-state index >= 15 is 0 Å². The molecule has 5 nitrogen and oxygen atoms in total. The van der Waals surface area contributed by atoms with Crippen LogP contribution >= 0.6 is 0 Å². The molecule has 1 aliphatic heterocycles. The molecule has 0 radical (unpaired) electrons. The van der Waals surface area contributed by atoms with Gasteiger partial charge >= 0.3 is 0 Å². The Balaban J connectivity index is 1.80. The van der Waals surface area contributed by atoms with Crippen molar-refractivity contribution in [2.45, 2.75) is 6.42 Å². The van der Waals surface area contributed by atoms with Crippen LogP contribution in [0.25, 0.3) is 0 Å². The number of carbonyl (C=O) groups excluding carboxylic acids is 1. The first-order valence-electron chi connectivity index (χ1n) is 6.41. The van der Waals surface area contributed by atoms with Gasteiger partial charge < -0.3 is 15.0 Å². The Bertz CT molecular complexity index is 476. The highest BCUT2D eigenvalue weighted by molar-refractivity contribution is 5.76. The van der Waals surface area contributed by atoms with Crippen molar-refractivity contribution in [3.05, 3.63) is 29.8 Å². The third-order valence-corrected chi connectivity index (χ3v) is 3.05. The molecule has 0 aliphatic carbocycles. The van der Waals surface area contributed by atoms with E-state index in [0.29, 0.717) is 24.3 Å². The zero-order valence-electron chi connectivity index (χ0n) is 10.8. The first kappa shape index (κ1) is 13.4. The van der Waals surface area contributed by atoms with Gasteiger partial charge in [0.25, 0.3) is 0 Å². The molecule has 0 spiro atoms. The van der Waals surface area contributed by atoms with Gasteiger partial charge in [0, 0.05) is 26.2 Å².